The van der Waals surface area contributed by atoms with Crippen LogP contribution in [0.3, 0.4) is 0 Å². The Labute approximate surface area is 146 Å². The van der Waals surface area contributed by atoms with Gasteiger partial charge in [0.15, 0.2) is 13.2 Å². The summed E-state index contributed by atoms with van der Waals surface area (Å²) < 4.78 is 10.8. The second-order valence-electron chi connectivity index (χ2n) is 5.92. The zero-order chi connectivity index (χ0) is 17.8. The minimum atomic E-state index is -0.209. The Bertz CT molecular complexity index is 787. The van der Waals surface area contributed by atoms with Crippen LogP contribution in [0.2, 0.25) is 0 Å². The highest BCUT2D eigenvalue weighted by Crippen LogP contribution is 2.31. The van der Waals surface area contributed by atoms with Crippen molar-refractivity contribution in [1.82, 2.24) is 5.32 Å². The molecule has 6 nitrogen and oxygen atoms in total. The highest BCUT2D eigenvalue weighted by atomic mass is 16.5. The fourth-order valence-electron chi connectivity index (χ4n) is 2.46. The van der Waals surface area contributed by atoms with E-state index in [1.807, 2.05) is 49.4 Å². The summed E-state index contributed by atoms with van der Waals surface area (Å²) in [6.07, 6.45) is 0. The topological polar surface area (TPSA) is 67.9 Å². The van der Waals surface area contributed by atoms with Crippen LogP contribution in [0.25, 0.3) is 0 Å². The van der Waals surface area contributed by atoms with Crippen molar-refractivity contribution < 1.29 is 19.1 Å². The molecule has 2 aromatic rings. The Hall–Kier alpha value is -3.02. The molecule has 0 aromatic heterocycles. The van der Waals surface area contributed by atoms with E-state index in [1.165, 1.54) is 0 Å². The van der Waals surface area contributed by atoms with Crippen LogP contribution in [0.15, 0.2) is 42.5 Å². The van der Waals surface area contributed by atoms with E-state index in [0.717, 1.165) is 11.1 Å². The number of anilines is 1. The maximum atomic E-state index is 11.9. The predicted molar refractivity (Wildman–Crippen MR) is 93.9 cm³/mol. The van der Waals surface area contributed by atoms with Crippen molar-refractivity contribution in [3.05, 3.63) is 53.6 Å². The first-order valence-electron chi connectivity index (χ1n) is 8.01. The van der Waals surface area contributed by atoms with Crippen molar-refractivity contribution in [1.29, 1.82) is 0 Å². The van der Waals surface area contributed by atoms with Gasteiger partial charge in [0.1, 0.15) is 11.5 Å². The van der Waals surface area contributed by atoms with Crippen LogP contribution in [0.5, 0.6) is 11.5 Å². The number of rotatable bonds is 5. The Kier molecular flexibility index (Phi) is 4.88. The summed E-state index contributed by atoms with van der Waals surface area (Å²) in [4.78, 5) is 25.2. The molecule has 1 heterocycles. The van der Waals surface area contributed by atoms with Crippen LogP contribution >= 0.6 is 0 Å². The number of amides is 2. The molecule has 0 radical (unpaired) electrons. The van der Waals surface area contributed by atoms with Crippen molar-refractivity contribution >= 4 is 17.5 Å². The van der Waals surface area contributed by atoms with Gasteiger partial charge in [0.25, 0.3) is 11.8 Å². The van der Waals surface area contributed by atoms with Crippen LogP contribution in [0, 0.1) is 6.92 Å². The van der Waals surface area contributed by atoms with Crippen LogP contribution in [0.4, 0.5) is 5.69 Å². The first-order valence-corrected chi connectivity index (χ1v) is 8.01. The molecule has 6 heteroatoms. The molecule has 0 aliphatic carbocycles. The number of hydrogen-bond acceptors (Lipinski definition) is 4. The normalized spacial score (nSPS) is 13.0. The van der Waals surface area contributed by atoms with Crippen molar-refractivity contribution in [3.8, 4) is 11.5 Å². The molecule has 0 fully saturated rings. The molecule has 0 saturated carbocycles. The van der Waals surface area contributed by atoms with Crippen LogP contribution in [-0.4, -0.2) is 32.1 Å². The van der Waals surface area contributed by atoms with Gasteiger partial charge < -0.3 is 19.7 Å². The first kappa shape index (κ1) is 16.8. The average Bonchev–Trinajstić information content (AvgIpc) is 2.63. The van der Waals surface area contributed by atoms with Crippen molar-refractivity contribution in [3.63, 3.8) is 0 Å². The summed E-state index contributed by atoms with van der Waals surface area (Å²) in [5.41, 5.74) is 2.73. The minimum Gasteiger partial charge on any atom is -0.484 e. The Morgan fingerprint density at radius 1 is 1.24 bits per heavy atom. The number of ether oxygens (including phenoxy) is 2. The monoisotopic (exact) mass is 340 g/mol. The minimum absolute atomic E-state index is 0.0461. The molecule has 0 spiro atoms. The van der Waals surface area contributed by atoms with Crippen molar-refractivity contribution in [2.45, 2.75) is 13.5 Å². The van der Waals surface area contributed by atoms with Crippen LogP contribution < -0.4 is 19.7 Å². The summed E-state index contributed by atoms with van der Waals surface area (Å²) >= 11 is 0. The highest BCUT2D eigenvalue weighted by molar-refractivity contribution is 5.97. The molecule has 0 unspecified atom stereocenters. The molecule has 0 bridgehead atoms. The number of hydrogen-bond donors (Lipinski definition) is 1. The molecule has 0 atom stereocenters. The third-order valence-electron chi connectivity index (χ3n) is 3.99. The standard InChI is InChI=1S/C19H20N2O4/c1-13-3-6-15(7-4-13)24-11-18(22)20-10-14-5-8-17-16(9-14)21(2)19(23)12-25-17/h3-9H,10-12H2,1-2H3,(H,20,22). The van der Waals surface area contributed by atoms with Gasteiger partial charge >= 0.3 is 0 Å². The average molecular weight is 340 g/mol. The maximum absolute atomic E-state index is 11.9. The molecule has 3 rings (SSSR count). The molecule has 2 aromatic carbocycles. The molecule has 1 aliphatic heterocycles. The summed E-state index contributed by atoms with van der Waals surface area (Å²) in [7, 11) is 1.71. The van der Waals surface area contributed by atoms with Crippen LogP contribution in [0.1, 0.15) is 11.1 Å². The lowest BCUT2D eigenvalue weighted by molar-refractivity contribution is -0.123. The third kappa shape index (κ3) is 4.09. The van der Waals surface area contributed by atoms with Crippen molar-refractivity contribution in [2.24, 2.45) is 0 Å². The molecule has 0 saturated heterocycles. The maximum Gasteiger partial charge on any atom is 0.264 e. The Morgan fingerprint density at radius 3 is 2.76 bits per heavy atom. The molecular formula is C19H20N2O4. The predicted octanol–water partition coefficient (Wildman–Crippen LogP) is 2.05. The lowest BCUT2D eigenvalue weighted by atomic mass is 10.1. The van der Waals surface area contributed by atoms with Gasteiger partial charge in [-0.1, -0.05) is 23.8 Å². The number of nitrogens with one attached hydrogen (secondary N) is 1. The Balaban J connectivity index is 1.54. The zero-order valence-corrected chi connectivity index (χ0v) is 14.2. The lowest BCUT2D eigenvalue weighted by Gasteiger charge is -2.26. The number of likely N-dealkylation sites (N-methyl/N-ethyl adjacent to an activating group) is 1. The summed E-state index contributed by atoms with van der Waals surface area (Å²) in [5.74, 6) is 1.02. The van der Waals surface area contributed by atoms with E-state index in [4.69, 9.17) is 9.47 Å². The lowest BCUT2D eigenvalue weighted by Crippen LogP contribution is -2.35. The number of fused-ring (bicyclic) bond motifs is 1. The van der Waals surface area contributed by atoms with Crippen LogP contribution in [-0.2, 0) is 16.1 Å². The van der Waals surface area contributed by atoms with E-state index >= 15 is 0 Å². The molecule has 2 amide bonds. The molecule has 1 N–H and O–H groups in total. The largest absolute Gasteiger partial charge is 0.484 e. The van der Waals surface area contributed by atoms with Gasteiger partial charge in [-0.15, -0.1) is 0 Å². The fourth-order valence-corrected chi connectivity index (χ4v) is 2.46. The van der Waals surface area contributed by atoms with Gasteiger partial charge in [0.05, 0.1) is 5.69 Å². The van der Waals surface area contributed by atoms with Gasteiger partial charge in [-0.3, -0.25) is 9.59 Å². The van der Waals surface area contributed by atoms with E-state index in [-0.39, 0.29) is 25.0 Å². The van der Waals surface area contributed by atoms with E-state index in [0.29, 0.717) is 23.7 Å². The van der Waals surface area contributed by atoms with Gasteiger partial charge in [0.2, 0.25) is 0 Å². The molecule has 130 valence electrons. The van der Waals surface area contributed by atoms with E-state index in [9.17, 15) is 9.59 Å². The summed E-state index contributed by atoms with van der Waals surface area (Å²) in [6.45, 7) is 2.35. The van der Waals surface area contributed by atoms with Gasteiger partial charge in [-0.05, 0) is 36.8 Å². The second kappa shape index (κ2) is 7.25. The number of carbonyl (C=O) groups excluding carboxylic acids is 2. The van der Waals surface area contributed by atoms with Crippen molar-refractivity contribution in [2.75, 3.05) is 25.2 Å². The van der Waals surface area contributed by atoms with Gasteiger partial charge in [0, 0.05) is 13.6 Å². The molecule has 1 aliphatic rings. The van der Waals surface area contributed by atoms with E-state index in [2.05, 4.69) is 5.32 Å². The van der Waals surface area contributed by atoms with Gasteiger partial charge in [-0.25, -0.2) is 0 Å². The Morgan fingerprint density at radius 2 is 2.00 bits per heavy atom. The fraction of sp³-hybridized carbons (Fsp3) is 0.263. The van der Waals surface area contributed by atoms with E-state index in [1.54, 1.807) is 11.9 Å². The number of nitrogens with zero attached hydrogens (tertiary/aromatic N) is 1. The molecular weight excluding hydrogens is 320 g/mol. The smallest absolute Gasteiger partial charge is 0.264 e. The SMILES string of the molecule is Cc1ccc(OCC(=O)NCc2ccc3c(c2)N(C)C(=O)CO3)cc1. The summed E-state index contributed by atoms with van der Waals surface area (Å²) in [5, 5.41) is 2.81. The quantitative estimate of drug-likeness (QED) is 0.904. The molecule has 25 heavy (non-hydrogen) atoms. The number of benzene rings is 2. The van der Waals surface area contributed by atoms with E-state index < -0.39 is 0 Å². The number of aryl methyl sites for hydroxylation is 1. The first-order chi connectivity index (χ1) is 12.0. The van der Waals surface area contributed by atoms with Gasteiger partial charge in [-0.2, -0.15) is 0 Å². The second-order valence-corrected chi connectivity index (χ2v) is 5.92. The highest BCUT2D eigenvalue weighted by Gasteiger charge is 2.22. The summed E-state index contributed by atoms with van der Waals surface area (Å²) in [6, 6.07) is 13.0. The number of carbonyl (C=O) groups is 2. The zero-order valence-electron chi connectivity index (χ0n) is 14.2. The third-order valence-corrected chi connectivity index (χ3v) is 3.99.